The van der Waals surface area contributed by atoms with Crippen LogP contribution < -0.4 is 10.6 Å². The lowest BCUT2D eigenvalue weighted by Crippen LogP contribution is -2.43. The number of imide groups is 1. The van der Waals surface area contributed by atoms with Crippen molar-refractivity contribution in [2.75, 3.05) is 20.1 Å². The van der Waals surface area contributed by atoms with Crippen LogP contribution in [0.25, 0.3) is 0 Å². The molecule has 1 rings (SSSR count). The number of nitrogens with zero attached hydrogens (tertiary/aromatic N) is 1. The number of rotatable bonds is 5. The van der Waals surface area contributed by atoms with E-state index in [0.717, 1.165) is 5.76 Å². The fourth-order valence-corrected chi connectivity index (χ4v) is 1.71. The number of carbonyl (C=O) groups is 2. The highest BCUT2D eigenvalue weighted by Crippen LogP contribution is 2.14. The summed E-state index contributed by atoms with van der Waals surface area (Å²) < 4.78 is 5.97. The minimum Gasteiger partial charge on any atom is -0.453 e. The Morgan fingerprint density at radius 3 is 2.72 bits per heavy atom. The third-order valence-corrected chi connectivity index (χ3v) is 2.48. The fraction of sp³-hybridized carbons (Fsp3) is 0.455. The molecule has 0 aliphatic carbocycles. The summed E-state index contributed by atoms with van der Waals surface area (Å²) in [6, 6.07) is 3.14. The Balaban J connectivity index is 2.33. The molecule has 0 atom stereocenters. The molecule has 0 aliphatic rings. The third kappa shape index (κ3) is 5.33. The first-order chi connectivity index (χ1) is 8.51. The molecule has 0 radical (unpaired) electrons. The topological polar surface area (TPSA) is 74.6 Å². The predicted octanol–water partition coefficient (Wildman–Crippen LogP) is 1.32. The van der Waals surface area contributed by atoms with E-state index in [4.69, 9.17) is 4.42 Å². The first-order valence-corrected chi connectivity index (χ1v) is 6.31. The number of urea groups is 1. The van der Waals surface area contributed by atoms with Gasteiger partial charge in [-0.2, -0.15) is 0 Å². The highest BCUT2D eigenvalue weighted by Gasteiger charge is 2.11. The van der Waals surface area contributed by atoms with Crippen LogP contribution in [-0.4, -0.2) is 37.0 Å². The molecule has 0 bridgehead atoms. The number of halogens is 1. The van der Waals surface area contributed by atoms with Crippen molar-refractivity contribution < 1.29 is 14.0 Å². The van der Waals surface area contributed by atoms with E-state index >= 15 is 0 Å². The SMILES string of the molecule is CCNC(=O)NC(=O)CN(C)Cc1ccc(Br)o1. The zero-order valence-electron chi connectivity index (χ0n) is 10.3. The van der Waals surface area contributed by atoms with Gasteiger partial charge in [0.25, 0.3) is 0 Å². The van der Waals surface area contributed by atoms with Gasteiger partial charge in [0.05, 0.1) is 13.1 Å². The second-order valence-corrected chi connectivity index (χ2v) is 4.57. The highest BCUT2D eigenvalue weighted by molar-refractivity contribution is 9.10. The van der Waals surface area contributed by atoms with Crippen molar-refractivity contribution in [3.05, 3.63) is 22.6 Å². The van der Waals surface area contributed by atoms with E-state index in [1.807, 2.05) is 6.07 Å². The summed E-state index contributed by atoms with van der Waals surface area (Å²) in [5, 5.41) is 4.72. The van der Waals surface area contributed by atoms with Crippen LogP contribution in [0, 0.1) is 0 Å². The summed E-state index contributed by atoms with van der Waals surface area (Å²) in [5.74, 6) is 0.393. The lowest BCUT2D eigenvalue weighted by atomic mass is 10.4. The van der Waals surface area contributed by atoms with Crippen LogP contribution in [0.15, 0.2) is 21.2 Å². The standard InChI is InChI=1S/C11H16BrN3O3/c1-3-13-11(17)14-10(16)7-15(2)6-8-4-5-9(12)18-8/h4-5H,3,6-7H2,1-2H3,(H2,13,14,16,17). The average Bonchev–Trinajstić information content (AvgIpc) is 2.63. The van der Waals surface area contributed by atoms with Gasteiger partial charge in [0.2, 0.25) is 5.91 Å². The van der Waals surface area contributed by atoms with E-state index in [9.17, 15) is 9.59 Å². The van der Waals surface area contributed by atoms with E-state index in [1.54, 1.807) is 24.9 Å². The monoisotopic (exact) mass is 317 g/mol. The summed E-state index contributed by atoms with van der Waals surface area (Å²) in [6.45, 7) is 2.88. The zero-order valence-corrected chi connectivity index (χ0v) is 11.9. The molecule has 0 saturated carbocycles. The van der Waals surface area contributed by atoms with Gasteiger partial charge in [-0.05, 0) is 42.0 Å². The van der Waals surface area contributed by atoms with Crippen molar-refractivity contribution in [1.82, 2.24) is 15.5 Å². The third-order valence-electron chi connectivity index (χ3n) is 2.06. The number of amides is 3. The fourth-order valence-electron chi connectivity index (χ4n) is 1.37. The number of carbonyl (C=O) groups excluding carboxylic acids is 2. The normalized spacial score (nSPS) is 10.4. The molecule has 0 saturated heterocycles. The molecule has 3 amide bonds. The van der Waals surface area contributed by atoms with Crippen molar-refractivity contribution in [2.45, 2.75) is 13.5 Å². The van der Waals surface area contributed by atoms with Gasteiger partial charge < -0.3 is 9.73 Å². The summed E-state index contributed by atoms with van der Waals surface area (Å²) in [6.07, 6.45) is 0. The van der Waals surface area contributed by atoms with Crippen molar-refractivity contribution >= 4 is 27.9 Å². The maximum absolute atomic E-state index is 11.5. The molecule has 18 heavy (non-hydrogen) atoms. The Hall–Kier alpha value is -1.34. The van der Waals surface area contributed by atoms with Crippen molar-refractivity contribution in [3.63, 3.8) is 0 Å². The number of nitrogens with one attached hydrogen (secondary N) is 2. The van der Waals surface area contributed by atoms with E-state index in [-0.39, 0.29) is 12.5 Å². The Morgan fingerprint density at radius 1 is 1.44 bits per heavy atom. The van der Waals surface area contributed by atoms with E-state index < -0.39 is 6.03 Å². The van der Waals surface area contributed by atoms with Gasteiger partial charge in [0, 0.05) is 6.54 Å². The maximum Gasteiger partial charge on any atom is 0.321 e. The van der Waals surface area contributed by atoms with E-state index in [0.29, 0.717) is 17.8 Å². The summed E-state index contributed by atoms with van der Waals surface area (Å²) >= 11 is 3.21. The molecule has 7 heteroatoms. The molecule has 0 fully saturated rings. The summed E-state index contributed by atoms with van der Waals surface area (Å²) in [7, 11) is 1.77. The minimum atomic E-state index is -0.475. The molecule has 0 unspecified atom stereocenters. The molecule has 0 spiro atoms. The van der Waals surface area contributed by atoms with Gasteiger partial charge in [0.15, 0.2) is 4.67 Å². The molecule has 0 aliphatic heterocycles. The van der Waals surface area contributed by atoms with Crippen LogP contribution in [0.4, 0.5) is 4.79 Å². The molecule has 6 nitrogen and oxygen atoms in total. The number of furan rings is 1. The van der Waals surface area contributed by atoms with Gasteiger partial charge >= 0.3 is 6.03 Å². The quantitative estimate of drug-likeness (QED) is 0.859. The molecular formula is C11H16BrN3O3. The van der Waals surface area contributed by atoms with Crippen molar-refractivity contribution in [3.8, 4) is 0 Å². The largest absolute Gasteiger partial charge is 0.453 e. The molecular weight excluding hydrogens is 302 g/mol. The average molecular weight is 318 g/mol. The first kappa shape index (κ1) is 14.7. The van der Waals surface area contributed by atoms with Crippen LogP contribution in [0.3, 0.4) is 0 Å². The Labute approximate surface area is 114 Å². The second kappa shape index (κ2) is 7.17. The Bertz CT molecular complexity index is 419. The highest BCUT2D eigenvalue weighted by atomic mass is 79.9. The van der Waals surface area contributed by atoms with Gasteiger partial charge in [-0.1, -0.05) is 0 Å². The number of hydrogen-bond acceptors (Lipinski definition) is 4. The lowest BCUT2D eigenvalue weighted by molar-refractivity contribution is -0.121. The smallest absolute Gasteiger partial charge is 0.321 e. The van der Waals surface area contributed by atoms with Gasteiger partial charge in [0.1, 0.15) is 5.76 Å². The molecule has 2 N–H and O–H groups in total. The molecule has 100 valence electrons. The number of likely N-dealkylation sites (N-methyl/N-ethyl adjacent to an activating group) is 1. The lowest BCUT2D eigenvalue weighted by Gasteiger charge is -2.14. The van der Waals surface area contributed by atoms with Crippen molar-refractivity contribution in [1.29, 1.82) is 0 Å². The van der Waals surface area contributed by atoms with Crippen LogP contribution in [0.5, 0.6) is 0 Å². The Kier molecular flexibility index (Phi) is 5.87. The minimum absolute atomic E-state index is 0.120. The van der Waals surface area contributed by atoms with E-state index in [1.165, 1.54) is 0 Å². The van der Waals surface area contributed by atoms with Gasteiger partial charge in [-0.15, -0.1) is 0 Å². The van der Waals surface area contributed by atoms with Crippen LogP contribution in [0.1, 0.15) is 12.7 Å². The molecule has 1 aromatic heterocycles. The van der Waals surface area contributed by atoms with Crippen molar-refractivity contribution in [2.24, 2.45) is 0 Å². The summed E-state index contributed by atoms with van der Waals surface area (Å²) in [4.78, 5) is 24.3. The molecule has 1 heterocycles. The predicted molar refractivity (Wildman–Crippen MR) is 70.0 cm³/mol. The first-order valence-electron chi connectivity index (χ1n) is 5.51. The molecule has 1 aromatic rings. The zero-order chi connectivity index (χ0) is 13.5. The summed E-state index contributed by atoms with van der Waals surface area (Å²) in [5.41, 5.74) is 0. The van der Waals surface area contributed by atoms with Crippen LogP contribution in [-0.2, 0) is 11.3 Å². The maximum atomic E-state index is 11.5. The van der Waals surface area contributed by atoms with Gasteiger partial charge in [-0.25, -0.2) is 4.79 Å². The molecule has 0 aromatic carbocycles. The Morgan fingerprint density at radius 2 is 2.17 bits per heavy atom. The van der Waals surface area contributed by atoms with E-state index in [2.05, 4.69) is 26.6 Å². The second-order valence-electron chi connectivity index (χ2n) is 3.79. The number of hydrogen-bond donors (Lipinski definition) is 2. The van der Waals surface area contributed by atoms with Crippen LogP contribution in [0.2, 0.25) is 0 Å². The van der Waals surface area contributed by atoms with Gasteiger partial charge in [-0.3, -0.25) is 15.0 Å². The van der Waals surface area contributed by atoms with Crippen LogP contribution >= 0.6 is 15.9 Å².